The SMILES string of the molecule is O=C(NO)C(O)C1=CCCN(Cc2ccc([N+](=O)[O-])cc2)C1=O. The second-order valence-electron chi connectivity index (χ2n) is 4.98. The van der Waals surface area contributed by atoms with Gasteiger partial charge in [0.05, 0.1) is 10.5 Å². The van der Waals surface area contributed by atoms with Gasteiger partial charge in [0.1, 0.15) is 0 Å². The molecule has 0 fully saturated rings. The van der Waals surface area contributed by atoms with Gasteiger partial charge in [-0.1, -0.05) is 18.2 Å². The van der Waals surface area contributed by atoms with Crippen molar-refractivity contribution >= 4 is 17.5 Å². The zero-order valence-corrected chi connectivity index (χ0v) is 12.0. The number of carbonyl (C=O) groups excluding carboxylic acids is 2. The van der Waals surface area contributed by atoms with Gasteiger partial charge in [-0.3, -0.25) is 24.9 Å². The fraction of sp³-hybridized carbons (Fsp3) is 0.286. The lowest BCUT2D eigenvalue weighted by Crippen LogP contribution is -2.43. The molecule has 0 aliphatic carbocycles. The maximum atomic E-state index is 12.3. The zero-order valence-electron chi connectivity index (χ0n) is 12.0. The van der Waals surface area contributed by atoms with Crippen LogP contribution in [0.25, 0.3) is 0 Å². The minimum absolute atomic E-state index is 0.0469. The minimum Gasteiger partial charge on any atom is -0.378 e. The Bertz CT molecular complexity index is 655. The second-order valence-corrected chi connectivity index (χ2v) is 4.98. The van der Waals surface area contributed by atoms with Gasteiger partial charge in [0.2, 0.25) is 0 Å². The quantitative estimate of drug-likeness (QED) is 0.401. The molecule has 0 aromatic heterocycles. The summed E-state index contributed by atoms with van der Waals surface area (Å²) < 4.78 is 0. The number of aliphatic hydroxyl groups is 1. The molecule has 0 saturated carbocycles. The molecule has 1 aromatic carbocycles. The van der Waals surface area contributed by atoms with Crippen molar-refractivity contribution in [2.24, 2.45) is 0 Å². The molecular formula is C14H15N3O6. The highest BCUT2D eigenvalue weighted by atomic mass is 16.6. The van der Waals surface area contributed by atoms with Gasteiger partial charge in [0, 0.05) is 25.2 Å². The van der Waals surface area contributed by atoms with E-state index in [1.807, 2.05) is 0 Å². The molecule has 1 unspecified atom stereocenters. The van der Waals surface area contributed by atoms with E-state index in [4.69, 9.17) is 5.21 Å². The summed E-state index contributed by atoms with van der Waals surface area (Å²) in [7, 11) is 0. The molecule has 0 bridgehead atoms. The van der Waals surface area contributed by atoms with Crippen LogP contribution in [-0.2, 0) is 16.1 Å². The van der Waals surface area contributed by atoms with E-state index in [2.05, 4.69) is 0 Å². The fourth-order valence-electron chi connectivity index (χ4n) is 2.27. The number of nitrogens with one attached hydrogen (secondary N) is 1. The molecule has 1 aliphatic rings. The van der Waals surface area contributed by atoms with Crippen LogP contribution in [0.2, 0.25) is 0 Å². The molecule has 1 heterocycles. The third kappa shape index (κ3) is 3.71. The molecule has 2 amide bonds. The topological polar surface area (TPSA) is 133 Å². The van der Waals surface area contributed by atoms with Crippen molar-refractivity contribution in [2.45, 2.75) is 19.1 Å². The first-order valence-electron chi connectivity index (χ1n) is 6.78. The van der Waals surface area contributed by atoms with Gasteiger partial charge in [0.15, 0.2) is 6.10 Å². The van der Waals surface area contributed by atoms with Crippen LogP contribution in [0.15, 0.2) is 35.9 Å². The van der Waals surface area contributed by atoms with Crippen LogP contribution in [0.4, 0.5) is 5.69 Å². The predicted molar refractivity (Wildman–Crippen MR) is 77.1 cm³/mol. The third-order valence-corrected chi connectivity index (χ3v) is 3.47. The maximum absolute atomic E-state index is 12.3. The molecule has 9 heteroatoms. The summed E-state index contributed by atoms with van der Waals surface area (Å²) in [6.07, 6.45) is 0.158. The number of hydroxylamine groups is 1. The van der Waals surface area contributed by atoms with E-state index in [0.29, 0.717) is 18.5 Å². The number of non-ortho nitro benzene ring substituents is 1. The van der Waals surface area contributed by atoms with Crippen molar-refractivity contribution < 1.29 is 24.8 Å². The monoisotopic (exact) mass is 321 g/mol. The lowest BCUT2D eigenvalue weighted by atomic mass is 10.0. The Morgan fingerprint density at radius 1 is 1.39 bits per heavy atom. The smallest absolute Gasteiger partial charge is 0.276 e. The first-order valence-corrected chi connectivity index (χ1v) is 6.78. The van der Waals surface area contributed by atoms with E-state index >= 15 is 0 Å². The van der Waals surface area contributed by atoms with Gasteiger partial charge in [-0.05, 0) is 12.0 Å². The number of hydrogen-bond acceptors (Lipinski definition) is 6. The first kappa shape index (κ1) is 16.6. The summed E-state index contributed by atoms with van der Waals surface area (Å²) in [5, 5.41) is 28.9. The Labute approximate surface area is 130 Å². The number of benzene rings is 1. The second kappa shape index (κ2) is 6.99. The molecule has 122 valence electrons. The number of carbonyl (C=O) groups is 2. The van der Waals surface area contributed by atoms with Crippen molar-refractivity contribution in [3.05, 3.63) is 51.6 Å². The summed E-state index contributed by atoms with van der Waals surface area (Å²) in [6, 6.07) is 5.77. The zero-order chi connectivity index (χ0) is 17.0. The lowest BCUT2D eigenvalue weighted by Gasteiger charge is -2.28. The highest BCUT2D eigenvalue weighted by Crippen LogP contribution is 2.19. The largest absolute Gasteiger partial charge is 0.378 e. The number of nitro benzene ring substituents is 1. The Morgan fingerprint density at radius 2 is 2.04 bits per heavy atom. The number of nitro groups is 1. The van der Waals surface area contributed by atoms with Crippen molar-refractivity contribution in [1.82, 2.24) is 10.4 Å². The Hall–Kier alpha value is -2.78. The molecule has 23 heavy (non-hydrogen) atoms. The molecule has 3 N–H and O–H groups in total. The molecule has 0 saturated heterocycles. The summed E-state index contributed by atoms with van der Waals surface area (Å²) in [5.74, 6) is -1.60. The number of rotatable bonds is 5. The molecule has 0 radical (unpaired) electrons. The van der Waals surface area contributed by atoms with Crippen LogP contribution in [0.1, 0.15) is 12.0 Å². The van der Waals surface area contributed by atoms with Gasteiger partial charge in [0.25, 0.3) is 17.5 Å². The van der Waals surface area contributed by atoms with E-state index in [9.17, 15) is 24.8 Å². The normalized spacial score (nSPS) is 15.8. The molecule has 0 spiro atoms. The average Bonchev–Trinajstić information content (AvgIpc) is 2.56. The molecule has 9 nitrogen and oxygen atoms in total. The minimum atomic E-state index is -1.74. The van der Waals surface area contributed by atoms with Crippen molar-refractivity contribution in [2.75, 3.05) is 6.54 Å². The van der Waals surface area contributed by atoms with Crippen LogP contribution in [0.3, 0.4) is 0 Å². The van der Waals surface area contributed by atoms with Crippen molar-refractivity contribution in [3.8, 4) is 0 Å². The van der Waals surface area contributed by atoms with E-state index in [0.717, 1.165) is 0 Å². The van der Waals surface area contributed by atoms with E-state index < -0.39 is 22.8 Å². The standard InChI is InChI=1S/C14H15N3O6/c18-12(13(19)15-21)11-2-1-7-16(14(11)20)8-9-3-5-10(6-4-9)17(22)23/h2-6,12,18,21H,1,7-8H2,(H,15,19). The van der Waals surface area contributed by atoms with Crippen LogP contribution in [0, 0.1) is 10.1 Å². The molecule has 1 atom stereocenters. The molecule has 1 aliphatic heterocycles. The third-order valence-electron chi connectivity index (χ3n) is 3.47. The van der Waals surface area contributed by atoms with Gasteiger partial charge in [-0.25, -0.2) is 5.48 Å². The van der Waals surface area contributed by atoms with Crippen LogP contribution in [-0.4, -0.2) is 44.6 Å². The van der Waals surface area contributed by atoms with Crippen molar-refractivity contribution in [1.29, 1.82) is 0 Å². The van der Waals surface area contributed by atoms with Crippen LogP contribution < -0.4 is 5.48 Å². The Kier molecular flexibility index (Phi) is 5.04. The number of amides is 2. The van der Waals surface area contributed by atoms with E-state index in [-0.39, 0.29) is 17.8 Å². The molecule has 1 aromatic rings. The highest BCUT2D eigenvalue weighted by Gasteiger charge is 2.30. The van der Waals surface area contributed by atoms with Gasteiger partial charge in [-0.2, -0.15) is 0 Å². The van der Waals surface area contributed by atoms with Gasteiger partial charge >= 0.3 is 0 Å². The summed E-state index contributed by atoms with van der Waals surface area (Å²) in [5.41, 5.74) is 1.83. The van der Waals surface area contributed by atoms with Gasteiger partial charge in [-0.15, -0.1) is 0 Å². The van der Waals surface area contributed by atoms with E-state index in [1.54, 1.807) is 12.1 Å². The lowest BCUT2D eigenvalue weighted by molar-refractivity contribution is -0.384. The molecular weight excluding hydrogens is 306 g/mol. The van der Waals surface area contributed by atoms with Crippen LogP contribution >= 0.6 is 0 Å². The predicted octanol–water partition coefficient (Wildman–Crippen LogP) is 0.120. The first-order chi connectivity index (χ1) is 10.9. The van der Waals surface area contributed by atoms with Crippen LogP contribution in [0.5, 0.6) is 0 Å². The number of hydrogen-bond donors (Lipinski definition) is 3. The number of aliphatic hydroxyl groups excluding tert-OH is 1. The maximum Gasteiger partial charge on any atom is 0.276 e. The average molecular weight is 321 g/mol. The highest BCUT2D eigenvalue weighted by molar-refractivity contribution is 6.01. The Morgan fingerprint density at radius 3 is 2.61 bits per heavy atom. The summed E-state index contributed by atoms with van der Waals surface area (Å²) in [4.78, 5) is 35.1. The van der Waals surface area contributed by atoms with Gasteiger partial charge < -0.3 is 10.0 Å². The summed E-state index contributed by atoms with van der Waals surface area (Å²) in [6.45, 7) is 0.592. The van der Waals surface area contributed by atoms with E-state index in [1.165, 1.54) is 28.6 Å². The fourth-order valence-corrected chi connectivity index (χ4v) is 2.27. The Balaban J connectivity index is 2.09. The molecule has 2 rings (SSSR count). The number of nitrogens with zero attached hydrogens (tertiary/aromatic N) is 2. The van der Waals surface area contributed by atoms with Crippen molar-refractivity contribution in [3.63, 3.8) is 0 Å². The summed E-state index contributed by atoms with van der Waals surface area (Å²) >= 11 is 0.